The van der Waals surface area contributed by atoms with Crippen molar-refractivity contribution in [2.75, 3.05) is 14.1 Å². The third kappa shape index (κ3) is 2.76. The molecule has 1 heterocycles. The number of thiocarbonyl (C=S) groups is 1. The van der Waals surface area contributed by atoms with Gasteiger partial charge in [0, 0.05) is 24.1 Å². The summed E-state index contributed by atoms with van der Waals surface area (Å²) >= 11 is 14.8. The molecule has 0 aliphatic carbocycles. The normalized spacial score (nSPS) is 10.4. The Morgan fingerprint density at radius 2 is 2.00 bits per heavy atom. The Labute approximate surface area is 125 Å². The minimum atomic E-state index is 0.640. The van der Waals surface area contributed by atoms with Gasteiger partial charge in [-0.05, 0) is 30.3 Å². The maximum atomic E-state index is 6.18. The SMILES string of the molecule is CN(C)C(=S)c1ccc(-c2ccc(Br)cc2Cl)o1. The molecule has 1 aromatic heterocycles. The number of furan rings is 1. The highest BCUT2D eigenvalue weighted by Gasteiger charge is 2.12. The summed E-state index contributed by atoms with van der Waals surface area (Å²) in [7, 11) is 3.77. The quantitative estimate of drug-likeness (QED) is 0.741. The summed E-state index contributed by atoms with van der Waals surface area (Å²) in [5.41, 5.74) is 0.854. The van der Waals surface area contributed by atoms with Gasteiger partial charge in [0.1, 0.15) is 10.7 Å². The molecule has 0 N–H and O–H groups in total. The van der Waals surface area contributed by atoms with Gasteiger partial charge < -0.3 is 9.32 Å². The van der Waals surface area contributed by atoms with Crippen LogP contribution in [0, 0.1) is 0 Å². The smallest absolute Gasteiger partial charge is 0.162 e. The molecular weight excluding hydrogens is 334 g/mol. The zero-order valence-electron chi connectivity index (χ0n) is 9.91. The Kier molecular flexibility index (Phi) is 4.10. The molecule has 0 unspecified atom stereocenters. The van der Waals surface area contributed by atoms with Gasteiger partial charge in [0.2, 0.25) is 0 Å². The third-order valence-electron chi connectivity index (χ3n) is 2.42. The maximum absolute atomic E-state index is 6.18. The van der Waals surface area contributed by atoms with E-state index in [2.05, 4.69) is 15.9 Å². The molecule has 0 saturated heterocycles. The maximum Gasteiger partial charge on any atom is 0.162 e. The molecule has 2 nitrogen and oxygen atoms in total. The van der Waals surface area contributed by atoms with Crippen LogP contribution in [0.5, 0.6) is 0 Å². The van der Waals surface area contributed by atoms with Crippen molar-refractivity contribution in [1.29, 1.82) is 0 Å². The highest BCUT2D eigenvalue weighted by Crippen LogP contribution is 2.31. The number of benzene rings is 1. The summed E-state index contributed by atoms with van der Waals surface area (Å²) in [6.45, 7) is 0. The largest absolute Gasteiger partial charge is 0.454 e. The highest BCUT2D eigenvalue weighted by atomic mass is 79.9. The van der Waals surface area contributed by atoms with Crippen LogP contribution in [0.3, 0.4) is 0 Å². The summed E-state index contributed by atoms with van der Waals surface area (Å²) in [6, 6.07) is 9.40. The van der Waals surface area contributed by atoms with Gasteiger partial charge in [0.05, 0.1) is 5.02 Å². The monoisotopic (exact) mass is 343 g/mol. The molecule has 18 heavy (non-hydrogen) atoms. The standard InChI is InChI=1S/C13H11BrClNOS/c1-16(2)13(18)12-6-5-11(17-12)9-4-3-8(14)7-10(9)15/h3-7H,1-2H3. The number of halogens is 2. The van der Waals surface area contributed by atoms with Gasteiger partial charge in [0.25, 0.3) is 0 Å². The zero-order chi connectivity index (χ0) is 13.3. The molecule has 0 aliphatic rings. The molecule has 2 aromatic rings. The van der Waals surface area contributed by atoms with Crippen LogP contribution in [0.25, 0.3) is 11.3 Å². The molecule has 94 valence electrons. The summed E-state index contributed by atoms with van der Waals surface area (Å²) in [5.74, 6) is 1.38. The number of hydrogen-bond acceptors (Lipinski definition) is 2. The van der Waals surface area contributed by atoms with E-state index >= 15 is 0 Å². The fourth-order valence-electron chi connectivity index (χ4n) is 1.51. The molecule has 0 spiro atoms. The van der Waals surface area contributed by atoms with Crippen molar-refractivity contribution in [3.63, 3.8) is 0 Å². The molecule has 0 saturated carbocycles. The molecule has 0 bridgehead atoms. The van der Waals surface area contributed by atoms with Gasteiger partial charge in [-0.1, -0.05) is 39.7 Å². The zero-order valence-corrected chi connectivity index (χ0v) is 13.1. The van der Waals surface area contributed by atoms with Crippen molar-refractivity contribution < 1.29 is 4.42 Å². The lowest BCUT2D eigenvalue weighted by Crippen LogP contribution is -2.19. The van der Waals surface area contributed by atoms with Gasteiger partial charge in [0.15, 0.2) is 5.76 Å². The van der Waals surface area contributed by atoms with E-state index in [1.54, 1.807) is 0 Å². The van der Waals surface area contributed by atoms with Crippen molar-refractivity contribution in [1.82, 2.24) is 4.90 Å². The van der Waals surface area contributed by atoms with Crippen LogP contribution in [0.1, 0.15) is 5.76 Å². The van der Waals surface area contributed by atoms with E-state index in [1.165, 1.54) is 0 Å². The first kappa shape index (κ1) is 13.6. The first-order valence-electron chi connectivity index (χ1n) is 5.26. The van der Waals surface area contributed by atoms with Gasteiger partial charge in [-0.3, -0.25) is 0 Å². The molecule has 0 radical (unpaired) electrons. The molecule has 2 rings (SSSR count). The Hall–Kier alpha value is -0.840. The topological polar surface area (TPSA) is 16.4 Å². The van der Waals surface area contributed by atoms with Crippen LogP contribution < -0.4 is 0 Å². The van der Waals surface area contributed by atoms with E-state index in [-0.39, 0.29) is 0 Å². The molecule has 5 heteroatoms. The van der Waals surface area contributed by atoms with Crippen molar-refractivity contribution in [2.45, 2.75) is 0 Å². The average molecular weight is 345 g/mol. The lowest BCUT2D eigenvalue weighted by atomic mass is 10.2. The minimum absolute atomic E-state index is 0.640. The highest BCUT2D eigenvalue weighted by molar-refractivity contribution is 9.10. The fourth-order valence-corrected chi connectivity index (χ4v) is 2.38. The van der Waals surface area contributed by atoms with E-state index in [0.717, 1.165) is 10.0 Å². The van der Waals surface area contributed by atoms with Gasteiger partial charge >= 0.3 is 0 Å². The molecule has 0 aliphatic heterocycles. The summed E-state index contributed by atoms with van der Waals surface area (Å²) < 4.78 is 6.67. The first-order valence-corrected chi connectivity index (χ1v) is 6.84. The van der Waals surface area contributed by atoms with Crippen LogP contribution in [-0.2, 0) is 0 Å². The Morgan fingerprint density at radius 3 is 2.61 bits per heavy atom. The lowest BCUT2D eigenvalue weighted by molar-refractivity contribution is 0.545. The molecule has 1 aromatic carbocycles. The van der Waals surface area contributed by atoms with E-state index in [4.69, 9.17) is 28.2 Å². The van der Waals surface area contributed by atoms with Crippen molar-refractivity contribution in [3.8, 4) is 11.3 Å². The summed E-state index contributed by atoms with van der Waals surface area (Å²) in [5, 5.41) is 0.640. The number of hydrogen-bond donors (Lipinski definition) is 0. The first-order chi connectivity index (χ1) is 8.49. The van der Waals surface area contributed by atoms with E-state index in [1.807, 2.05) is 49.3 Å². The predicted molar refractivity (Wildman–Crippen MR) is 82.2 cm³/mol. The van der Waals surface area contributed by atoms with E-state index in [0.29, 0.717) is 21.5 Å². The minimum Gasteiger partial charge on any atom is -0.454 e. The van der Waals surface area contributed by atoms with Gasteiger partial charge in [-0.25, -0.2) is 0 Å². The van der Waals surface area contributed by atoms with Crippen LogP contribution in [0.2, 0.25) is 5.02 Å². The van der Waals surface area contributed by atoms with Gasteiger partial charge in [-0.15, -0.1) is 0 Å². The Balaban J connectivity index is 2.38. The Bertz CT molecular complexity index is 594. The Morgan fingerprint density at radius 1 is 1.28 bits per heavy atom. The lowest BCUT2D eigenvalue weighted by Gasteiger charge is -2.10. The van der Waals surface area contributed by atoms with Crippen molar-refractivity contribution >= 4 is 44.7 Å². The summed E-state index contributed by atoms with van der Waals surface area (Å²) in [6.07, 6.45) is 0. The molecular formula is C13H11BrClNOS. The molecule has 0 amide bonds. The van der Waals surface area contributed by atoms with Crippen LogP contribution in [0.4, 0.5) is 0 Å². The van der Waals surface area contributed by atoms with Crippen molar-refractivity contribution in [3.05, 3.63) is 45.6 Å². The second kappa shape index (κ2) is 5.43. The second-order valence-corrected chi connectivity index (χ2v) is 5.70. The number of nitrogens with zero attached hydrogens (tertiary/aromatic N) is 1. The van der Waals surface area contributed by atoms with Crippen molar-refractivity contribution in [2.24, 2.45) is 0 Å². The third-order valence-corrected chi connectivity index (χ3v) is 3.79. The fraction of sp³-hybridized carbons (Fsp3) is 0.154. The summed E-state index contributed by atoms with van der Waals surface area (Å²) in [4.78, 5) is 2.50. The van der Waals surface area contributed by atoms with Gasteiger partial charge in [-0.2, -0.15) is 0 Å². The second-order valence-electron chi connectivity index (χ2n) is 3.99. The van der Waals surface area contributed by atoms with Crippen LogP contribution in [-0.4, -0.2) is 24.0 Å². The number of rotatable bonds is 2. The van der Waals surface area contributed by atoms with E-state index in [9.17, 15) is 0 Å². The average Bonchev–Trinajstić information content (AvgIpc) is 2.77. The molecule has 0 fully saturated rings. The van der Waals surface area contributed by atoms with E-state index < -0.39 is 0 Å². The van der Waals surface area contributed by atoms with Crippen LogP contribution in [0.15, 0.2) is 39.2 Å². The predicted octanol–water partition coefficient (Wildman–Crippen LogP) is 4.60. The molecule has 0 atom stereocenters. The van der Waals surface area contributed by atoms with Crippen LogP contribution >= 0.6 is 39.7 Å².